The maximum atomic E-state index is 11.3. The van der Waals surface area contributed by atoms with Crippen molar-refractivity contribution >= 4 is 11.8 Å². The van der Waals surface area contributed by atoms with Crippen molar-refractivity contribution in [2.75, 3.05) is 31.6 Å². The molecule has 0 aromatic carbocycles. The second-order valence-corrected chi connectivity index (χ2v) is 5.78. The highest BCUT2D eigenvalue weighted by atomic mass is 16.4. The molecule has 104 valence electrons. The molecule has 0 spiro atoms. The van der Waals surface area contributed by atoms with Gasteiger partial charge in [0.05, 0.1) is 0 Å². The van der Waals surface area contributed by atoms with Crippen molar-refractivity contribution in [2.45, 2.75) is 26.3 Å². The van der Waals surface area contributed by atoms with E-state index in [0.29, 0.717) is 5.82 Å². The quantitative estimate of drug-likeness (QED) is 0.878. The number of hydrogen-bond donors (Lipinski definition) is 1. The van der Waals surface area contributed by atoms with E-state index in [2.05, 4.69) is 35.7 Å². The first kappa shape index (κ1) is 13.8. The van der Waals surface area contributed by atoms with E-state index < -0.39 is 5.97 Å². The number of piperazine rings is 1. The van der Waals surface area contributed by atoms with E-state index in [1.54, 1.807) is 12.1 Å². The lowest BCUT2D eigenvalue weighted by molar-refractivity contribution is 0.0696. The number of nitrogens with zero attached hydrogens (tertiary/aromatic N) is 3. The standard InChI is InChI=1S/C14H21N3O2/c1-10-5-6-11(13(18)19)12(15-10)17-8-7-16(4)14(2,3)9-17/h5-6H,7-9H2,1-4H3,(H,18,19). The molecule has 0 amide bonds. The van der Waals surface area contributed by atoms with Gasteiger partial charge in [0, 0.05) is 30.9 Å². The maximum Gasteiger partial charge on any atom is 0.339 e. The topological polar surface area (TPSA) is 56.7 Å². The smallest absolute Gasteiger partial charge is 0.339 e. The normalized spacial score (nSPS) is 19.5. The van der Waals surface area contributed by atoms with Crippen LogP contribution in [0.1, 0.15) is 29.9 Å². The molecule has 19 heavy (non-hydrogen) atoms. The molecule has 1 aliphatic rings. The summed E-state index contributed by atoms with van der Waals surface area (Å²) in [5.41, 5.74) is 1.14. The summed E-state index contributed by atoms with van der Waals surface area (Å²) in [6, 6.07) is 3.39. The zero-order valence-electron chi connectivity index (χ0n) is 12.0. The molecule has 5 heteroatoms. The molecular weight excluding hydrogens is 242 g/mol. The van der Waals surface area contributed by atoms with Gasteiger partial charge in [0.25, 0.3) is 0 Å². The lowest BCUT2D eigenvalue weighted by atomic mass is 9.99. The third-order valence-electron chi connectivity index (χ3n) is 3.86. The molecule has 2 rings (SSSR count). The van der Waals surface area contributed by atoms with Gasteiger partial charge in [0.1, 0.15) is 11.4 Å². The number of carboxylic acid groups (broad SMARTS) is 1. The van der Waals surface area contributed by atoms with Crippen LogP contribution in [-0.4, -0.2) is 53.2 Å². The third-order valence-corrected chi connectivity index (χ3v) is 3.86. The highest BCUT2D eigenvalue weighted by Gasteiger charge is 2.33. The summed E-state index contributed by atoms with van der Waals surface area (Å²) in [7, 11) is 2.10. The zero-order chi connectivity index (χ0) is 14.2. The molecule has 1 saturated heterocycles. The Balaban J connectivity index is 2.36. The van der Waals surface area contributed by atoms with Crippen molar-refractivity contribution in [1.29, 1.82) is 0 Å². The molecule has 0 radical (unpaired) electrons. The molecule has 2 heterocycles. The summed E-state index contributed by atoms with van der Waals surface area (Å²) in [6.07, 6.45) is 0. The van der Waals surface area contributed by atoms with Crippen molar-refractivity contribution in [3.8, 4) is 0 Å². The molecule has 0 saturated carbocycles. The highest BCUT2D eigenvalue weighted by Crippen LogP contribution is 2.26. The fourth-order valence-corrected chi connectivity index (χ4v) is 2.37. The first-order chi connectivity index (χ1) is 8.81. The largest absolute Gasteiger partial charge is 0.478 e. The SMILES string of the molecule is Cc1ccc(C(=O)O)c(N2CCN(C)C(C)(C)C2)n1. The Morgan fingerprint density at radius 3 is 2.63 bits per heavy atom. The number of rotatable bonds is 2. The highest BCUT2D eigenvalue weighted by molar-refractivity contribution is 5.93. The van der Waals surface area contributed by atoms with Crippen LogP contribution in [0.25, 0.3) is 0 Å². The van der Waals surface area contributed by atoms with E-state index in [9.17, 15) is 9.90 Å². The fourth-order valence-electron chi connectivity index (χ4n) is 2.37. The first-order valence-electron chi connectivity index (χ1n) is 6.48. The predicted octanol–water partition coefficient (Wildman–Crippen LogP) is 1.62. The van der Waals surface area contributed by atoms with Crippen LogP contribution in [0.3, 0.4) is 0 Å². The van der Waals surface area contributed by atoms with Gasteiger partial charge in [-0.3, -0.25) is 4.90 Å². The number of likely N-dealkylation sites (N-methyl/N-ethyl adjacent to an activating group) is 1. The summed E-state index contributed by atoms with van der Waals surface area (Å²) >= 11 is 0. The minimum Gasteiger partial charge on any atom is -0.478 e. The number of aryl methyl sites for hydroxylation is 1. The van der Waals surface area contributed by atoms with Crippen LogP contribution < -0.4 is 4.90 Å². The van der Waals surface area contributed by atoms with Crippen molar-refractivity contribution in [3.05, 3.63) is 23.4 Å². The van der Waals surface area contributed by atoms with Crippen LogP contribution in [-0.2, 0) is 0 Å². The number of carboxylic acids is 1. The molecular formula is C14H21N3O2. The predicted molar refractivity (Wildman–Crippen MR) is 74.9 cm³/mol. The van der Waals surface area contributed by atoms with Gasteiger partial charge in [-0.2, -0.15) is 0 Å². The van der Waals surface area contributed by atoms with Crippen LogP contribution in [0.5, 0.6) is 0 Å². The van der Waals surface area contributed by atoms with Gasteiger partial charge in [-0.05, 0) is 40.0 Å². The van der Waals surface area contributed by atoms with Crippen molar-refractivity contribution < 1.29 is 9.90 Å². The number of carbonyl (C=O) groups is 1. The Morgan fingerprint density at radius 2 is 2.05 bits per heavy atom. The summed E-state index contributed by atoms with van der Waals surface area (Å²) in [6.45, 7) is 8.69. The Hall–Kier alpha value is -1.62. The van der Waals surface area contributed by atoms with E-state index in [-0.39, 0.29) is 11.1 Å². The molecule has 1 aromatic heterocycles. The van der Waals surface area contributed by atoms with Gasteiger partial charge in [-0.15, -0.1) is 0 Å². The van der Waals surface area contributed by atoms with Gasteiger partial charge < -0.3 is 10.0 Å². The molecule has 0 atom stereocenters. The fraction of sp³-hybridized carbons (Fsp3) is 0.571. The molecule has 0 unspecified atom stereocenters. The van der Waals surface area contributed by atoms with Crippen LogP contribution in [0.4, 0.5) is 5.82 Å². The molecule has 1 aromatic rings. The lowest BCUT2D eigenvalue weighted by Crippen LogP contribution is -2.58. The number of aromatic carboxylic acids is 1. The first-order valence-corrected chi connectivity index (χ1v) is 6.48. The van der Waals surface area contributed by atoms with Crippen LogP contribution >= 0.6 is 0 Å². The van der Waals surface area contributed by atoms with Gasteiger partial charge in [-0.1, -0.05) is 0 Å². The average Bonchev–Trinajstić information content (AvgIpc) is 2.32. The van der Waals surface area contributed by atoms with E-state index in [4.69, 9.17) is 0 Å². The second-order valence-electron chi connectivity index (χ2n) is 5.78. The minimum atomic E-state index is -0.917. The van der Waals surface area contributed by atoms with Crippen molar-refractivity contribution in [3.63, 3.8) is 0 Å². The van der Waals surface area contributed by atoms with Gasteiger partial charge in [0.15, 0.2) is 0 Å². The Kier molecular flexibility index (Phi) is 3.49. The number of aromatic nitrogens is 1. The molecule has 5 nitrogen and oxygen atoms in total. The number of anilines is 1. The van der Waals surface area contributed by atoms with Crippen LogP contribution in [0, 0.1) is 6.92 Å². The average molecular weight is 263 g/mol. The van der Waals surface area contributed by atoms with Gasteiger partial charge in [-0.25, -0.2) is 9.78 Å². The monoisotopic (exact) mass is 263 g/mol. The molecule has 1 fully saturated rings. The molecule has 1 aliphatic heterocycles. The van der Waals surface area contributed by atoms with Crippen molar-refractivity contribution in [2.24, 2.45) is 0 Å². The van der Waals surface area contributed by atoms with E-state index >= 15 is 0 Å². The zero-order valence-corrected chi connectivity index (χ0v) is 12.0. The van der Waals surface area contributed by atoms with Crippen LogP contribution in [0.2, 0.25) is 0 Å². The van der Waals surface area contributed by atoms with E-state index in [1.165, 1.54) is 0 Å². The Labute approximate surface area is 113 Å². The number of hydrogen-bond acceptors (Lipinski definition) is 4. The molecule has 1 N–H and O–H groups in total. The summed E-state index contributed by atoms with van der Waals surface area (Å²) in [5.74, 6) is -0.326. The van der Waals surface area contributed by atoms with Gasteiger partial charge in [0.2, 0.25) is 0 Å². The molecule has 0 aliphatic carbocycles. The second kappa shape index (κ2) is 4.81. The summed E-state index contributed by atoms with van der Waals surface area (Å²) < 4.78 is 0. The van der Waals surface area contributed by atoms with Gasteiger partial charge >= 0.3 is 5.97 Å². The van der Waals surface area contributed by atoms with E-state index in [0.717, 1.165) is 25.3 Å². The lowest BCUT2D eigenvalue weighted by Gasteiger charge is -2.46. The Bertz CT molecular complexity index is 499. The van der Waals surface area contributed by atoms with Crippen molar-refractivity contribution in [1.82, 2.24) is 9.88 Å². The van der Waals surface area contributed by atoms with Crippen LogP contribution in [0.15, 0.2) is 12.1 Å². The summed E-state index contributed by atoms with van der Waals surface area (Å²) in [5, 5.41) is 9.29. The third kappa shape index (κ3) is 2.71. The summed E-state index contributed by atoms with van der Waals surface area (Å²) in [4.78, 5) is 20.1. The number of pyridine rings is 1. The minimum absolute atomic E-state index is 0.0133. The maximum absolute atomic E-state index is 11.3. The molecule has 0 bridgehead atoms. The van der Waals surface area contributed by atoms with E-state index in [1.807, 2.05) is 6.92 Å². The Morgan fingerprint density at radius 1 is 1.37 bits per heavy atom.